The highest BCUT2D eigenvalue weighted by Gasteiger charge is 2.37. The predicted molar refractivity (Wildman–Crippen MR) is 84.1 cm³/mol. The molecule has 0 N–H and O–H groups in total. The lowest BCUT2D eigenvalue weighted by Gasteiger charge is -2.11. The first-order valence-electron chi connectivity index (χ1n) is 7.95. The molecule has 1 aromatic heterocycles. The molecule has 1 unspecified atom stereocenters. The molecule has 2 aliphatic rings. The zero-order valence-electron chi connectivity index (χ0n) is 13.5. The number of hydrogen-bond acceptors (Lipinski definition) is 7. The number of imide groups is 1. The minimum atomic E-state index is -0.941. The van der Waals surface area contributed by atoms with Crippen LogP contribution in [0.25, 0.3) is 0 Å². The van der Waals surface area contributed by atoms with Crippen molar-refractivity contribution in [2.45, 2.75) is 19.1 Å². The molecule has 26 heavy (non-hydrogen) atoms. The standard InChI is InChI=1S/C18H13NO7/c20-15-12-4-3-10(17(22)26-14-5-7-25-18(14)23)8-13(12)16(21)19(15)9-11-2-1-6-24-11/h1-4,6,8,14H,5,7,9H2. The van der Waals surface area contributed by atoms with Crippen LogP contribution in [0.15, 0.2) is 41.0 Å². The number of nitrogens with zero attached hydrogens (tertiary/aromatic N) is 1. The summed E-state index contributed by atoms with van der Waals surface area (Å²) < 4.78 is 15.0. The number of cyclic esters (lactones) is 1. The van der Waals surface area contributed by atoms with Gasteiger partial charge >= 0.3 is 11.9 Å². The fraction of sp³-hybridized carbons (Fsp3) is 0.222. The van der Waals surface area contributed by atoms with Gasteiger partial charge in [0.1, 0.15) is 5.76 Å². The van der Waals surface area contributed by atoms with E-state index in [4.69, 9.17) is 13.9 Å². The Bertz CT molecular complexity index is 916. The Hall–Kier alpha value is -3.42. The summed E-state index contributed by atoms with van der Waals surface area (Å²) in [6.45, 7) is 0.211. The fourth-order valence-corrected chi connectivity index (χ4v) is 2.90. The number of fused-ring (bicyclic) bond motifs is 1. The maximum absolute atomic E-state index is 12.5. The summed E-state index contributed by atoms with van der Waals surface area (Å²) in [4.78, 5) is 49.6. The summed E-state index contributed by atoms with van der Waals surface area (Å²) in [5.41, 5.74) is 0.410. The molecule has 1 saturated heterocycles. The Morgan fingerprint density at radius 2 is 1.96 bits per heavy atom. The van der Waals surface area contributed by atoms with Crippen molar-refractivity contribution in [3.8, 4) is 0 Å². The van der Waals surface area contributed by atoms with Gasteiger partial charge in [0.15, 0.2) is 0 Å². The quantitative estimate of drug-likeness (QED) is 0.605. The summed E-state index contributed by atoms with van der Waals surface area (Å²) >= 11 is 0. The third-order valence-corrected chi connectivity index (χ3v) is 4.24. The van der Waals surface area contributed by atoms with Gasteiger partial charge in [-0.15, -0.1) is 0 Å². The number of carbonyl (C=O) groups excluding carboxylic acids is 4. The minimum Gasteiger partial charge on any atom is -0.467 e. The monoisotopic (exact) mass is 355 g/mol. The van der Waals surface area contributed by atoms with Gasteiger partial charge in [-0.25, -0.2) is 9.59 Å². The average molecular weight is 355 g/mol. The second-order valence-electron chi connectivity index (χ2n) is 5.89. The van der Waals surface area contributed by atoms with Crippen LogP contribution < -0.4 is 0 Å². The van der Waals surface area contributed by atoms with E-state index in [1.54, 1.807) is 12.1 Å². The van der Waals surface area contributed by atoms with Crippen LogP contribution in [0, 0.1) is 0 Å². The maximum Gasteiger partial charge on any atom is 0.347 e. The van der Waals surface area contributed by atoms with E-state index in [-0.39, 0.29) is 29.8 Å². The molecule has 2 amide bonds. The number of furan rings is 1. The summed E-state index contributed by atoms with van der Waals surface area (Å²) in [6.07, 6.45) is 0.808. The van der Waals surface area contributed by atoms with E-state index < -0.39 is 29.9 Å². The molecule has 0 aliphatic carbocycles. The van der Waals surface area contributed by atoms with Crippen molar-refractivity contribution < 1.29 is 33.1 Å². The van der Waals surface area contributed by atoms with Crippen LogP contribution >= 0.6 is 0 Å². The molecule has 0 saturated carbocycles. The van der Waals surface area contributed by atoms with Crippen molar-refractivity contribution in [2.24, 2.45) is 0 Å². The smallest absolute Gasteiger partial charge is 0.347 e. The fourth-order valence-electron chi connectivity index (χ4n) is 2.90. The van der Waals surface area contributed by atoms with E-state index in [0.29, 0.717) is 12.2 Å². The van der Waals surface area contributed by atoms with Crippen molar-refractivity contribution in [1.29, 1.82) is 0 Å². The number of amides is 2. The molecule has 1 atom stereocenters. The van der Waals surface area contributed by atoms with E-state index in [1.165, 1.54) is 24.5 Å². The van der Waals surface area contributed by atoms with Crippen LogP contribution in [0.4, 0.5) is 0 Å². The molecule has 4 rings (SSSR count). The number of carbonyl (C=O) groups is 4. The SMILES string of the molecule is O=C(OC1CCOC1=O)c1ccc2c(c1)C(=O)N(Cc1ccco1)C2=O. The van der Waals surface area contributed by atoms with E-state index in [1.807, 2.05) is 0 Å². The normalized spacial score (nSPS) is 18.8. The Balaban J connectivity index is 1.55. The van der Waals surface area contributed by atoms with Gasteiger partial charge in [0.2, 0.25) is 6.10 Å². The second kappa shape index (κ2) is 6.14. The second-order valence-corrected chi connectivity index (χ2v) is 5.89. The van der Waals surface area contributed by atoms with Crippen LogP contribution in [0.5, 0.6) is 0 Å². The zero-order chi connectivity index (χ0) is 18.3. The lowest BCUT2D eigenvalue weighted by Crippen LogP contribution is -2.28. The van der Waals surface area contributed by atoms with Crippen LogP contribution in [-0.2, 0) is 20.8 Å². The molecule has 8 heteroatoms. The Morgan fingerprint density at radius 1 is 1.15 bits per heavy atom. The summed E-state index contributed by atoms with van der Waals surface area (Å²) in [5.74, 6) is -1.84. The minimum absolute atomic E-state index is 0.00699. The van der Waals surface area contributed by atoms with Crippen molar-refractivity contribution in [3.05, 3.63) is 59.0 Å². The highest BCUT2D eigenvalue weighted by atomic mass is 16.6. The average Bonchev–Trinajstić information content (AvgIpc) is 3.34. The van der Waals surface area contributed by atoms with Gasteiger partial charge in [-0.3, -0.25) is 14.5 Å². The maximum atomic E-state index is 12.5. The van der Waals surface area contributed by atoms with Crippen molar-refractivity contribution >= 4 is 23.8 Å². The van der Waals surface area contributed by atoms with Gasteiger partial charge in [0.25, 0.3) is 11.8 Å². The Labute approximate surface area is 147 Å². The first-order chi connectivity index (χ1) is 12.5. The van der Waals surface area contributed by atoms with Crippen LogP contribution in [-0.4, -0.2) is 41.4 Å². The van der Waals surface area contributed by atoms with Gasteiger partial charge < -0.3 is 13.9 Å². The van der Waals surface area contributed by atoms with Gasteiger partial charge in [-0.05, 0) is 30.3 Å². The molecule has 2 aliphatic heterocycles. The topological polar surface area (TPSA) is 103 Å². The first-order valence-corrected chi connectivity index (χ1v) is 7.95. The number of hydrogen-bond donors (Lipinski definition) is 0. The highest BCUT2D eigenvalue weighted by molar-refractivity contribution is 6.21. The van der Waals surface area contributed by atoms with Crippen molar-refractivity contribution in [3.63, 3.8) is 0 Å². The van der Waals surface area contributed by atoms with E-state index in [9.17, 15) is 19.2 Å². The Kier molecular flexibility index (Phi) is 3.80. The molecule has 3 heterocycles. The van der Waals surface area contributed by atoms with Crippen molar-refractivity contribution in [2.75, 3.05) is 6.61 Å². The van der Waals surface area contributed by atoms with Gasteiger partial charge in [-0.2, -0.15) is 0 Å². The van der Waals surface area contributed by atoms with Gasteiger partial charge in [0, 0.05) is 6.42 Å². The largest absolute Gasteiger partial charge is 0.467 e. The number of esters is 2. The molecule has 0 bridgehead atoms. The molecule has 2 aromatic rings. The molecule has 132 valence electrons. The summed E-state index contributed by atoms with van der Waals surface area (Å²) in [5, 5.41) is 0. The summed E-state index contributed by atoms with van der Waals surface area (Å²) in [6, 6.07) is 7.42. The van der Waals surface area contributed by atoms with E-state index in [2.05, 4.69) is 0 Å². The molecule has 8 nitrogen and oxygen atoms in total. The lowest BCUT2D eigenvalue weighted by atomic mass is 10.1. The lowest BCUT2D eigenvalue weighted by molar-refractivity contribution is -0.145. The number of ether oxygens (including phenoxy) is 2. The van der Waals surface area contributed by atoms with Gasteiger partial charge in [-0.1, -0.05) is 0 Å². The van der Waals surface area contributed by atoms with Crippen LogP contribution in [0.2, 0.25) is 0 Å². The van der Waals surface area contributed by atoms with Gasteiger partial charge in [0.05, 0.1) is 36.1 Å². The highest BCUT2D eigenvalue weighted by Crippen LogP contribution is 2.26. The summed E-state index contributed by atoms with van der Waals surface area (Å²) in [7, 11) is 0. The molecule has 0 spiro atoms. The number of benzene rings is 1. The molecular formula is C18H13NO7. The molecule has 1 aromatic carbocycles. The zero-order valence-corrected chi connectivity index (χ0v) is 13.5. The van der Waals surface area contributed by atoms with E-state index in [0.717, 1.165) is 4.90 Å². The molecule has 0 radical (unpaired) electrons. The molecular weight excluding hydrogens is 342 g/mol. The van der Waals surface area contributed by atoms with E-state index >= 15 is 0 Å². The third-order valence-electron chi connectivity index (χ3n) is 4.24. The predicted octanol–water partition coefficient (Wildman–Crippen LogP) is 1.55. The van der Waals surface area contributed by atoms with Crippen LogP contribution in [0.1, 0.15) is 43.3 Å². The number of rotatable bonds is 4. The molecule has 1 fully saturated rings. The van der Waals surface area contributed by atoms with Crippen molar-refractivity contribution in [1.82, 2.24) is 4.90 Å². The van der Waals surface area contributed by atoms with Crippen LogP contribution in [0.3, 0.4) is 0 Å². The Morgan fingerprint density at radius 3 is 2.65 bits per heavy atom. The first kappa shape index (κ1) is 16.1. The third kappa shape index (κ3) is 2.65.